The molecule has 0 radical (unpaired) electrons. The van der Waals surface area contributed by atoms with Crippen LogP contribution in [0, 0.1) is 0 Å². The van der Waals surface area contributed by atoms with Gasteiger partial charge in [-0.05, 0) is 24.6 Å². The first kappa shape index (κ1) is 13.9. The molecule has 1 unspecified atom stereocenters. The lowest BCUT2D eigenvalue weighted by atomic mass is 9.82. The van der Waals surface area contributed by atoms with Gasteiger partial charge >= 0.3 is 0 Å². The Labute approximate surface area is 113 Å². The van der Waals surface area contributed by atoms with Gasteiger partial charge in [-0.1, -0.05) is 32.3 Å². The highest BCUT2D eigenvalue weighted by Gasteiger charge is 2.39. The van der Waals surface area contributed by atoms with Crippen LogP contribution in [-0.4, -0.2) is 28.5 Å². The smallest absolute Gasteiger partial charge is 0.234 e. The summed E-state index contributed by atoms with van der Waals surface area (Å²) < 4.78 is 5.52. The van der Waals surface area contributed by atoms with Crippen LogP contribution in [0.2, 0.25) is 0 Å². The van der Waals surface area contributed by atoms with Crippen molar-refractivity contribution in [3.63, 3.8) is 0 Å². The van der Waals surface area contributed by atoms with Crippen molar-refractivity contribution in [2.45, 2.75) is 56.5 Å². The highest BCUT2D eigenvalue weighted by molar-refractivity contribution is 7.99. The fraction of sp³-hybridized carbons (Fsp3) is 0.846. The molecule has 1 saturated heterocycles. The molecular formula is C13H23N3OS. The Balaban J connectivity index is 2.07. The lowest BCUT2D eigenvalue weighted by Crippen LogP contribution is -2.29. The average molecular weight is 269 g/mol. The standard InChI is InChI=1S/C13H23N3OS/c1-4-5-13(6-7-14-9-13)12-15-11(16-17-12)8-18-10(2)3/h10,14H,4-9H2,1-3H3. The van der Waals surface area contributed by atoms with E-state index in [2.05, 4.69) is 36.2 Å². The van der Waals surface area contributed by atoms with Gasteiger partial charge in [-0.2, -0.15) is 16.7 Å². The van der Waals surface area contributed by atoms with Crippen molar-refractivity contribution in [3.8, 4) is 0 Å². The van der Waals surface area contributed by atoms with Gasteiger partial charge in [0.25, 0.3) is 0 Å². The van der Waals surface area contributed by atoms with E-state index >= 15 is 0 Å². The first-order valence-corrected chi connectivity index (χ1v) is 7.86. The molecule has 0 amide bonds. The van der Waals surface area contributed by atoms with Crippen LogP contribution in [0.3, 0.4) is 0 Å². The molecule has 102 valence electrons. The zero-order valence-electron chi connectivity index (χ0n) is 11.5. The molecule has 0 aromatic carbocycles. The first-order chi connectivity index (χ1) is 8.66. The van der Waals surface area contributed by atoms with E-state index in [4.69, 9.17) is 4.52 Å². The van der Waals surface area contributed by atoms with Gasteiger partial charge in [-0.15, -0.1) is 0 Å². The van der Waals surface area contributed by atoms with Gasteiger partial charge < -0.3 is 9.84 Å². The Hall–Kier alpha value is -0.550. The Bertz CT molecular complexity index is 372. The van der Waals surface area contributed by atoms with E-state index < -0.39 is 0 Å². The van der Waals surface area contributed by atoms with Gasteiger partial charge in [0.1, 0.15) is 0 Å². The van der Waals surface area contributed by atoms with Gasteiger partial charge in [0, 0.05) is 6.54 Å². The molecule has 2 heterocycles. The van der Waals surface area contributed by atoms with E-state index in [-0.39, 0.29) is 5.41 Å². The lowest BCUT2D eigenvalue weighted by Gasteiger charge is -2.22. The van der Waals surface area contributed by atoms with Crippen molar-refractivity contribution in [1.82, 2.24) is 15.5 Å². The number of nitrogens with zero attached hydrogens (tertiary/aromatic N) is 2. The third-order valence-corrected chi connectivity index (χ3v) is 4.53. The zero-order chi connectivity index (χ0) is 13.0. The predicted molar refractivity (Wildman–Crippen MR) is 74.8 cm³/mol. The summed E-state index contributed by atoms with van der Waals surface area (Å²) >= 11 is 1.85. The predicted octanol–water partition coefficient (Wildman–Crippen LogP) is 2.74. The molecule has 18 heavy (non-hydrogen) atoms. The minimum atomic E-state index is 0.0858. The summed E-state index contributed by atoms with van der Waals surface area (Å²) in [5.41, 5.74) is 0.0858. The Kier molecular flexibility index (Phi) is 4.67. The molecule has 1 aromatic heterocycles. The number of thioether (sulfide) groups is 1. The van der Waals surface area contributed by atoms with Crippen LogP contribution in [0.15, 0.2) is 4.52 Å². The van der Waals surface area contributed by atoms with Gasteiger partial charge in [0.2, 0.25) is 5.89 Å². The van der Waals surface area contributed by atoms with Crippen molar-refractivity contribution in [1.29, 1.82) is 0 Å². The molecule has 2 rings (SSSR count). The summed E-state index contributed by atoms with van der Waals surface area (Å²) in [5.74, 6) is 2.52. The normalized spacial score (nSPS) is 24.0. The van der Waals surface area contributed by atoms with Gasteiger partial charge in [-0.3, -0.25) is 0 Å². The van der Waals surface area contributed by atoms with E-state index in [1.54, 1.807) is 0 Å². The van der Waals surface area contributed by atoms with Gasteiger partial charge in [0.15, 0.2) is 5.82 Å². The second-order valence-electron chi connectivity index (χ2n) is 5.33. The van der Waals surface area contributed by atoms with Crippen LogP contribution < -0.4 is 5.32 Å². The maximum Gasteiger partial charge on any atom is 0.234 e. The average Bonchev–Trinajstić information content (AvgIpc) is 2.95. The molecule has 1 atom stereocenters. The Morgan fingerprint density at radius 2 is 2.33 bits per heavy atom. The Morgan fingerprint density at radius 1 is 1.50 bits per heavy atom. The lowest BCUT2D eigenvalue weighted by molar-refractivity contribution is 0.276. The Morgan fingerprint density at radius 3 is 2.94 bits per heavy atom. The third-order valence-electron chi connectivity index (χ3n) is 3.44. The molecule has 0 spiro atoms. The van der Waals surface area contributed by atoms with Crippen LogP contribution >= 0.6 is 11.8 Å². The topological polar surface area (TPSA) is 51.0 Å². The SMILES string of the molecule is CCCC1(c2nc(CSC(C)C)no2)CCNC1. The summed E-state index contributed by atoms with van der Waals surface area (Å²) in [4.78, 5) is 4.62. The second-order valence-corrected chi connectivity index (χ2v) is 6.90. The van der Waals surface area contributed by atoms with E-state index in [1.165, 1.54) is 0 Å². The molecule has 1 N–H and O–H groups in total. The van der Waals surface area contributed by atoms with E-state index in [0.29, 0.717) is 5.25 Å². The van der Waals surface area contributed by atoms with E-state index in [1.807, 2.05) is 11.8 Å². The molecule has 0 bridgehead atoms. The number of hydrogen-bond acceptors (Lipinski definition) is 5. The van der Waals surface area contributed by atoms with Gasteiger partial charge in [0.05, 0.1) is 11.2 Å². The monoisotopic (exact) mass is 269 g/mol. The van der Waals surface area contributed by atoms with Crippen molar-refractivity contribution < 1.29 is 4.52 Å². The summed E-state index contributed by atoms with van der Waals surface area (Å²) in [7, 11) is 0. The molecule has 1 aromatic rings. The largest absolute Gasteiger partial charge is 0.339 e. The molecular weight excluding hydrogens is 246 g/mol. The van der Waals surface area contributed by atoms with Crippen molar-refractivity contribution in [3.05, 3.63) is 11.7 Å². The second kappa shape index (κ2) is 6.06. The molecule has 1 aliphatic heterocycles. The van der Waals surface area contributed by atoms with Crippen LogP contribution in [-0.2, 0) is 11.2 Å². The summed E-state index contributed by atoms with van der Waals surface area (Å²) in [6.07, 6.45) is 3.39. The fourth-order valence-electron chi connectivity index (χ4n) is 2.49. The summed E-state index contributed by atoms with van der Waals surface area (Å²) in [6, 6.07) is 0. The van der Waals surface area contributed by atoms with Crippen molar-refractivity contribution in [2.24, 2.45) is 0 Å². The van der Waals surface area contributed by atoms with E-state index in [0.717, 1.165) is 49.8 Å². The van der Waals surface area contributed by atoms with Gasteiger partial charge in [-0.25, -0.2) is 0 Å². The van der Waals surface area contributed by atoms with E-state index in [9.17, 15) is 0 Å². The number of nitrogens with one attached hydrogen (secondary N) is 1. The highest BCUT2D eigenvalue weighted by Crippen LogP contribution is 2.34. The van der Waals surface area contributed by atoms with Crippen molar-refractivity contribution in [2.75, 3.05) is 13.1 Å². The maximum absolute atomic E-state index is 5.52. The van der Waals surface area contributed by atoms with Crippen molar-refractivity contribution >= 4 is 11.8 Å². The third kappa shape index (κ3) is 3.06. The molecule has 0 saturated carbocycles. The molecule has 0 aliphatic carbocycles. The number of rotatable bonds is 6. The summed E-state index contributed by atoms with van der Waals surface area (Å²) in [6.45, 7) is 8.61. The minimum absolute atomic E-state index is 0.0858. The first-order valence-electron chi connectivity index (χ1n) is 6.82. The molecule has 4 nitrogen and oxygen atoms in total. The highest BCUT2D eigenvalue weighted by atomic mass is 32.2. The molecule has 1 fully saturated rings. The fourth-order valence-corrected chi connectivity index (χ4v) is 3.09. The van der Waals surface area contributed by atoms with Crippen LogP contribution in [0.1, 0.15) is 51.7 Å². The van der Waals surface area contributed by atoms with Crippen LogP contribution in [0.4, 0.5) is 0 Å². The summed E-state index contributed by atoms with van der Waals surface area (Å²) in [5, 5.41) is 8.15. The minimum Gasteiger partial charge on any atom is -0.339 e. The quantitative estimate of drug-likeness (QED) is 0.860. The number of hydrogen-bond donors (Lipinski definition) is 1. The molecule has 1 aliphatic rings. The number of aromatic nitrogens is 2. The van der Waals surface area contributed by atoms with Crippen LogP contribution in [0.5, 0.6) is 0 Å². The maximum atomic E-state index is 5.52. The zero-order valence-corrected chi connectivity index (χ0v) is 12.3. The molecule has 5 heteroatoms. The van der Waals surface area contributed by atoms with Crippen LogP contribution in [0.25, 0.3) is 0 Å².